The summed E-state index contributed by atoms with van der Waals surface area (Å²) >= 11 is 0. The number of hydrogen-bond acceptors (Lipinski definition) is 1. The van der Waals surface area contributed by atoms with Gasteiger partial charge < -0.3 is 4.74 Å². The first-order chi connectivity index (χ1) is 8.36. The van der Waals surface area contributed by atoms with Gasteiger partial charge in [0.1, 0.15) is 0 Å². The first-order valence-corrected chi connectivity index (χ1v) is 6.66. The topological polar surface area (TPSA) is 9.23 Å². The Labute approximate surface area is 106 Å². The second kappa shape index (κ2) is 9.00. The van der Waals surface area contributed by atoms with Crippen molar-refractivity contribution in [2.24, 2.45) is 0 Å². The molecule has 1 aromatic carbocycles. The maximum absolute atomic E-state index is 5.67. The van der Waals surface area contributed by atoms with Crippen LogP contribution in [-0.4, -0.2) is 6.61 Å². The van der Waals surface area contributed by atoms with E-state index in [2.05, 4.69) is 37.8 Å². The average molecular weight is 232 g/mol. The van der Waals surface area contributed by atoms with E-state index in [0.29, 0.717) is 0 Å². The Morgan fingerprint density at radius 3 is 2.76 bits per heavy atom. The summed E-state index contributed by atoms with van der Waals surface area (Å²) < 4.78 is 5.67. The molecule has 0 heterocycles. The summed E-state index contributed by atoms with van der Waals surface area (Å²) in [5.74, 6) is 0. The van der Waals surface area contributed by atoms with Crippen LogP contribution in [-0.2, 0) is 11.3 Å². The van der Waals surface area contributed by atoms with Gasteiger partial charge >= 0.3 is 0 Å². The molecule has 0 fully saturated rings. The van der Waals surface area contributed by atoms with Gasteiger partial charge in [0, 0.05) is 6.61 Å². The van der Waals surface area contributed by atoms with Gasteiger partial charge in [0.15, 0.2) is 0 Å². The molecule has 0 spiro atoms. The molecular weight excluding hydrogens is 208 g/mol. The lowest BCUT2D eigenvalue weighted by Crippen LogP contribution is -1.95. The minimum atomic E-state index is 0.718. The van der Waals surface area contributed by atoms with E-state index in [-0.39, 0.29) is 0 Å². The summed E-state index contributed by atoms with van der Waals surface area (Å²) in [5.41, 5.74) is 2.39. The molecule has 0 aliphatic heterocycles. The zero-order valence-electron chi connectivity index (χ0n) is 11.0. The summed E-state index contributed by atoms with van der Waals surface area (Å²) in [6.45, 7) is 7.60. The van der Waals surface area contributed by atoms with Gasteiger partial charge in [-0.05, 0) is 23.6 Å². The predicted molar refractivity (Wildman–Crippen MR) is 74.9 cm³/mol. The second-order valence-electron chi connectivity index (χ2n) is 4.42. The third-order valence-corrected chi connectivity index (χ3v) is 2.85. The van der Waals surface area contributed by atoms with Gasteiger partial charge in [-0.1, -0.05) is 63.5 Å². The van der Waals surface area contributed by atoms with E-state index in [4.69, 9.17) is 4.74 Å². The molecule has 0 aliphatic carbocycles. The first kappa shape index (κ1) is 14.0. The van der Waals surface area contributed by atoms with Crippen molar-refractivity contribution >= 4 is 6.08 Å². The largest absolute Gasteiger partial charge is 0.377 e. The highest BCUT2D eigenvalue weighted by Gasteiger charge is 1.94. The van der Waals surface area contributed by atoms with Crippen molar-refractivity contribution in [1.82, 2.24) is 0 Å². The van der Waals surface area contributed by atoms with Crippen LogP contribution in [0, 0.1) is 0 Å². The quantitative estimate of drug-likeness (QED) is 0.555. The van der Waals surface area contributed by atoms with E-state index in [1.807, 2.05) is 6.08 Å². The van der Waals surface area contributed by atoms with Crippen LogP contribution < -0.4 is 0 Å². The third kappa shape index (κ3) is 6.28. The Hall–Kier alpha value is -1.08. The molecule has 0 saturated heterocycles. The van der Waals surface area contributed by atoms with E-state index in [0.717, 1.165) is 18.8 Å². The zero-order chi connectivity index (χ0) is 12.3. The van der Waals surface area contributed by atoms with Gasteiger partial charge in [-0.2, -0.15) is 0 Å². The van der Waals surface area contributed by atoms with Crippen molar-refractivity contribution in [3.63, 3.8) is 0 Å². The van der Waals surface area contributed by atoms with E-state index in [1.165, 1.54) is 37.7 Å². The molecule has 94 valence electrons. The molecule has 17 heavy (non-hydrogen) atoms. The summed E-state index contributed by atoms with van der Waals surface area (Å²) in [7, 11) is 0. The predicted octanol–water partition coefficient (Wildman–Crippen LogP) is 4.82. The van der Waals surface area contributed by atoms with Gasteiger partial charge in [-0.25, -0.2) is 0 Å². The fourth-order valence-electron chi connectivity index (χ4n) is 1.81. The Balaban J connectivity index is 2.11. The van der Waals surface area contributed by atoms with Gasteiger partial charge in [0.25, 0.3) is 0 Å². The van der Waals surface area contributed by atoms with Crippen molar-refractivity contribution in [3.8, 4) is 0 Å². The molecule has 0 unspecified atom stereocenters. The fourth-order valence-corrected chi connectivity index (χ4v) is 1.81. The Morgan fingerprint density at radius 2 is 2.00 bits per heavy atom. The average Bonchev–Trinajstić information content (AvgIpc) is 2.38. The number of benzene rings is 1. The van der Waals surface area contributed by atoms with Crippen molar-refractivity contribution in [2.45, 2.75) is 45.6 Å². The van der Waals surface area contributed by atoms with Crippen molar-refractivity contribution in [3.05, 3.63) is 42.0 Å². The maximum atomic E-state index is 5.67. The fraction of sp³-hybridized carbons (Fsp3) is 0.500. The molecule has 0 aromatic heterocycles. The molecule has 1 rings (SSSR count). The lowest BCUT2D eigenvalue weighted by atomic mass is 10.1. The van der Waals surface area contributed by atoms with Gasteiger partial charge in [-0.15, -0.1) is 0 Å². The molecule has 0 atom stereocenters. The Morgan fingerprint density at radius 1 is 1.18 bits per heavy atom. The van der Waals surface area contributed by atoms with Crippen molar-refractivity contribution in [2.75, 3.05) is 6.61 Å². The highest BCUT2D eigenvalue weighted by Crippen LogP contribution is 2.08. The van der Waals surface area contributed by atoms with Crippen LogP contribution in [0.4, 0.5) is 0 Å². The lowest BCUT2D eigenvalue weighted by molar-refractivity contribution is 0.116. The van der Waals surface area contributed by atoms with Gasteiger partial charge in [0.05, 0.1) is 6.61 Å². The van der Waals surface area contributed by atoms with Crippen LogP contribution in [0.15, 0.2) is 30.8 Å². The maximum Gasteiger partial charge on any atom is 0.0717 e. The van der Waals surface area contributed by atoms with E-state index >= 15 is 0 Å². The summed E-state index contributed by atoms with van der Waals surface area (Å²) in [5, 5.41) is 0. The standard InChI is InChI=1S/C16H24O/c1-3-5-6-7-8-12-17-14-16-11-9-10-15(4-2)13-16/h4,9-11,13H,2-3,5-8,12,14H2,1H3. The summed E-state index contributed by atoms with van der Waals surface area (Å²) in [6, 6.07) is 8.34. The monoisotopic (exact) mass is 232 g/mol. The SMILES string of the molecule is C=Cc1cccc(COCCCCCCC)c1. The van der Waals surface area contributed by atoms with Crippen LogP contribution in [0.1, 0.15) is 50.2 Å². The van der Waals surface area contributed by atoms with Gasteiger partial charge in [0.2, 0.25) is 0 Å². The smallest absolute Gasteiger partial charge is 0.0717 e. The van der Waals surface area contributed by atoms with Crippen molar-refractivity contribution in [1.29, 1.82) is 0 Å². The minimum absolute atomic E-state index is 0.718. The number of rotatable bonds is 9. The number of ether oxygens (including phenoxy) is 1. The van der Waals surface area contributed by atoms with Crippen LogP contribution in [0.25, 0.3) is 6.08 Å². The minimum Gasteiger partial charge on any atom is -0.377 e. The molecule has 0 N–H and O–H groups in total. The van der Waals surface area contributed by atoms with E-state index in [9.17, 15) is 0 Å². The third-order valence-electron chi connectivity index (χ3n) is 2.85. The first-order valence-electron chi connectivity index (χ1n) is 6.66. The Bertz CT molecular complexity index is 317. The molecule has 0 radical (unpaired) electrons. The highest BCUT2D eigenvalue weighted by atomic mass is 16.5. The Kier molecular flexibility index (Phi) is 7.40. The van der Waals surface area contributed by atoms with Crippen LogP contribution in [0.2, 0.25) is 0 Å². The molecule has 0 saturated carbocycles. The van der Waals surface area contributed by atoms with Crippen LogP contribution in [0.3, 0.4) is 0 Å². The second-order valence-corrected chi connectivity index (χ2v) is 4.42. The molecule has 0 aliphatic rings. The van der Waals surface area contributed by atoms with Gasteiger partial charge in [-0.3, -0.25) is 0 Å². The molecule has 1 heteroatoms. The number of hydrogen-bond donors (Lipinski definition) is 0. The van der Waals surface area contributed by atoms with Crippen LogP contribution in [0.5, 0.6) is 0 Å². The van der Waals surface area contributed by atoms with E-state index in [1.54, 1.807) is 0 Å². The molecule has 1 aromatic rings. The highest BCUT2D eigenvalue weighted by molar-refractivity contribution is 5.47. The van der Waals surface area contributed by atoms with E-state index < -0.39 is 0 Å². The zero-order valence-corrected chi connectivity index (χ0v) is 11.0. The normalized spacial score (nSPS) is 10.4. The molecule has 1 nitrogen and oxygen atoms in total. The summed E-state index contributed by atoms with van der Waals surface area (Å²) in [6.07, 6.45) is 8.33. The van der Waals surface area contributed by atoms with Crippen LogP contribution >= 0.6 is 0 Å². The molecule has 0 bridgehead atoms. The summed E-state index contributed by atoms with van der Waals surface area (Å²) in [4.78, 5) is 0. The number of unbranched alkanes of at least 4 members (excludes halogenated alkanes) is 4. The lowest BCUT2D eigenvalue weighted by Gasteiger charge is -2.05. The molecular formula is C16H24O. The molecule has 0 amide bonds. The van der Waals surface area contributed by atoms with Crippen molar-refractivity contribution < 1.29 is 4.74 Å².